The van der Waals surface area contributed by atoms with Crippen molar-refractivity contribution in [1.82, 2.24) is 0 Å². The Morgan fingerprint density at radius 3 is 1.71 bits per heavy atom. The van der Waals surface area contributed by atoms with E-state index in [1.807, 2.05) is 0 Å². The smallest absolute Gasteiger partial charge is 0.0493 e. The van der Waals surface area contributed by atoms with Gasteiger partial charge in [0, 0.05) is 15.2 Å². The van der Waals surface area contributed by atoms with Gasteiger partial charge in [0.1, 0.15) is 0 Å². The van der Waals surface area contributed by atoms with Crippen molar-refractivity contribution in [3.05, 3.63) is 0 Å². The van der Waals surface area contributed by atoms with Crippen LogP contribution in [0.25, 0.3) is 0 Å². The zero-order valence-corrected chi connectivity index (χ0v) is 15.5. The summed E-state index contributed by atoms with van der Waals surface area (Å²) in [5.41, 5.74) is 0.991. The van der Waals surface area contributed by atoms with Gasteiger partial charge in [-0.2, -0.15) is 0 Å². The molecule has 0 saturated heterocycles. The second kappa shape index (κ2) is 7.78. The Morgan fingerprint density at radius 1 is 0.824 bits per heavy atom. The predicted molar refractivity (Wildman–Crippen MR) is 88.2 cm³/mol. The molecule has 0 heterocycles. The van der Waals surface area contributed by atoms with Gasteiger partial charge in [0.15, 0.2) is 0 Å². The maximum absolute atomic E-state index is 2.71. The van der Waals surface area contributed by atoms with Crippen molar-refractivity contribution in [3.8, 4) is 0 Å². The van der Waals surface area contributed by atoms with Crippen LogP contribution in [-0.4, -0.2) is 15.2 Å². The lowest BCUT2D eigenvalue weighted by Gasteiger charge is -2.46. The summed E-state index contributed by atoms with van der Waals surface area (Å²) in [6.45, 7) is 17.7. The van der Waals surface area contributed by atoms with Gasteiger partial charge in [-0.25, -0.2) is 0 Å². The van der Waals surface area contributed by atoms with Gasteiger partial charge in [-0.05, 0) is 0 Å². The maximum atomic E-state index is 2.71. The summed E-state index contributed by atoms with van der Waals surface area (Å²) in [6.07, 6.45) is 5.80. The average molecular weight is 273 g/mol. The molecular weight excluding hydrogens is 236 g/mol. The van der Waals surface area contributed by atoms with Crippen LogP contribution in [0.3, 0.4) is 0 Å². The molecule has 0 rings (SSSR count). The highest BCUT2D eigenvalue weighted by molar-refractivity contribution is 7.42. The van der Waals surface area contributed by atoms with E-state index in [-0.39, 0.29) is 0 Å². The summed E-state index contributed by atoms with van der Waals surface area (Å²) in [7, 11) is -1.93. The predicted octanol–water partition coefficient (Wildman–Crippen LogP) is 6.25. The molecule has 0 spiro atoms. The van der Waals surface area contributed by atoms with Crippen LogP contribution in [0.1, 0.15) is 60.3 Å². The highest BCUT2D eigenvalue weighted by atomic mass is 29.3. The van der Waals surface area contributed by atoms with E-state index in [4.69, 9.17) is 0 Å². The molecule has 0 nitrogen and oxygen atoms in total. The first-order valence-electron chi connectivity index (χ1n) is 7.88. The van der Waals surface area contributed by atoms with E-state index in [9.17, 15) is 0 Å². The molecule has 0 fully saturated rings. The molecular formula is C15H36Si2. The zero-order chi connectivity index (χ0) is 13.5. The number of hydrogen-bond acceptors (Lipinski definition) is 0. The van der Waals surface area contributed by atoms with Crippen molar-refractivity contribution in [2.75, 3.05) is 0 Å². The Kier molecular flexibility index (Phi) is 7.98. The minimum absolute atomic E-state index is 0.957. The minimum Gasteiger partial charge on any atom is -0.0712 e. The Hall–Kier alpha value is 0.434. The van der Waals surface area contributed by atoms with Gasteiger partial charge in [0.2, 0.25) is 0 Å². The SMILES string of the molecule is CCCCCC[Si](C)(C)[Si](CC)(CC)C(C)C. The third kappa shape index (κ3) is 4.23. The molecule has 0 atom stereocenters. The summed E-state index contributed by atoms with van der Waals surface area (Å²) in [5.74, 6) is 0. The molecule has 17 heavy (non-hydrogen) atoms. The lowest BCUT2D eigenvalue weighted by Crippen LogP contribution is -2.60. The first-order valence-corrected chi connectivity index (χ1v) is 14.6. The van der Waals surface area contributed by atoms with Crippen LogP contribution in [-0.2, 0) is 0 Å². The van der Waals surface area contributed by atoms with E-state index in [2.05, 4.69) is 47.7 Å². The minimum atomic E-state index is -0.970. The molecule has 0 radical (unpaired) electrons. The molecule has 0 N–H and O–H groups in total. The highest BCUT2D eigenvalue weighted by Gasteiger charge is 2.46. The van der Waals surface area contributed by atoms with Crippen molar-refractivity contribution < 1.29 is 0 Å². The molecule has 0 amide bonds. The normalized spacial score (nSPS) is 13.4. The lowest BCUT2D eigenvalue weighted by molar-refractivity contribution is 0.697. The van der Waals surface area contributed by atoms with Gasteiger partial charge in [-0.15, -0.1) is 0 Å². The van der Waals surface area contributed by atoms with Gasteiger partial charge in [-0.1, -0.05) is 97.1 Å². The summed E-state index contributed by atoms with van der Waals surface area (Å²) >= 11 is 0. The molecule has 0 saturated carbocycles. The molecule has 0 aromatic carbocycles. The fraction of sp³-hybridized carbons (Fsp3) is 1.00. The van der Waals surface area contributed by atoms with Crippen LogP contribution < -0.4 is 0 Å². The second-order valence-electron chi connectivity index (χ2n) is 6.71. The second-order valence-corrected chi connectivity index (χ2v) is 22.9. The largest absolute Gasteiger partial charge is 0.0712 e. The maximum Gasteiger partial charge on any atom is 0.0493 e. The summed E-state index contributed by atoms with van der Waals surface area (Å²) < 4.78 is 0. The Morgan fingerprint density at radius 2 is 1.35 bits per heavy atom. The molecule has 0 aromatic heterocycles. The first-order chi connectivity index (χ1) is 7.88. The Bertz CT molecular complexity index is 193. The topological polar surface area (TPSA) is 0 Å². The van der Waals surface area contributed by atoms with E-state index in [1.54, 1.807) is 6.04 Å². The molecule has 104 valence electrons. The van der Waals surface area contributed by atoms with Crippen LogP contribution in [0.4, 0.5) is 0 Å². The van der Waals surface area contributed by atoms with Gasteiger partial charge in [-0.3, -0.25) is 0 Å². The number of unbranched alkanes of at least 4 members (excludes halogenated alkanes) is 3. The lowest BCUT2D eigenvalue weighted by atomic mass is 10.2. The number of hydrogen-bond donors (Lipinski definition) is 0. The van der Waals surface area contributed by atoms with E-state index in [0.29, 0.717) is 0 Å². The number of rotatable bonds is 9. The summed E-state index contributed by atoms with van der Waals surface area (Å²) in [6, 6.07) is 4.64. The molecule has 0 aliphatic carbocycles. The standard InChI is InChI=1S/C15H36Si2/c1-8-11-12-13-14-16(6,7)17(9-2,10-3)15(4)5/h15H,8-14H2,1-7H3. The van der Waals surface area contributed by atoms with E-state index >= 15 is 0 Å². The summed E-state index contributed by atoms with van der Waals surface area (Å²) in [4.78, 5) is 0. The summed E-state index contributed by atoms with van der Waals surface area (Å²) in [5, 5.41) is 0. The quantitative estimate of drug-likeness (QED) is 0.344. The fourth-order valence-electron chi connectivity index (χ4n) is 4.05. The molecule has 2 heteroatoms. The molecule has 0 aliphatic rings. The fourth-order valence-corrected chi connectivity index (χ4v) is 23.7. The highest BCUT2D eigenvalue weighted by Crippen LogP contribution is 2.40. The van der Waals surface area contributed by atoms with Crippen molar-refractivity contribution in [1.29, 1.82) is 0 Å². The van der Waals surface area contributed by atoms with Gasteiger partial charge in [0.25, 0.3) is 0 Å². The molecule has 0 unspecified atom stereocenters. The van der Waals surface area contributed by atoms with Crippen molar-refractivity contribution in [2.24, 2.45) is 0 Å². The van der Waals surface area contributed by atoms with Crippen molar-refractivity contribution in [3.63, 3.8) is 0 Å². The van der Waals surface area contributed by atoms with Gasteiger partial charge < -0.3 is 0 Å². The third-order valence-electron chi connectivity index (χ3n) is 5.37. The van der Waals surface area contributed by atoms with E-state index in [1.165, 1.54) is 37.8 Å². The Balaban J connectivity index is 4.60. The van der Waals surface area contributed by atoms with Crippen LogP contribution in [0.5, 0.6) is 0 Å². The monoisotopic (exact) mass is 272 g/mol. The van der Waals surface area contributed by atoms with E-state index < -0.39 is 15.2 Å². The van der Waals surface area contributed by atoms with Crippen LogP contribution in [0, 0.1) is 0 Å². The molecule has 0 bridgehead atoms. The van der Waals surface area contributed by atoms with Gasteiger partial charge in [0.05, 0.1) is 0 Å². The van der Waals surface area contributed by atoms with Crippen molar-refractivity contribution >= 4 is 15.2 Å². The Labute approximate surface area is 112 Å². The van der Waals surface area contributed by atoms with Crippen LogP contribution in [0.15, 0.2) is 0 Å². The van der Waals surface area contributed by atoms with E-state index in [0.717, 1.165) is 5.54 Å². The van der Waals surface area contributed by atoms with Gasteiger partial charge >= 0.3 is 0 Å². The first kappa shape index (κ1) is 17.4. The molecule has 0 aliphatic heterocycles. The van der Waals surface area contributed by atoms with Crippen LogP contribution in [0.2, 0.25) is 36.8 Å². The third-order valence-corrected chi connectivity index (χ3v) is 27.1. The zero-order valence-electron chi connectivity index (χ0n) is 13.5. The van der Waals surface area contributed by atoms with Crippen molar-refractivity contribution in [2.45, 2.75) is 97.1 Å². The molecule has 0 aromatic rings. The van der Waals surface area contributed by atoms with Crippen LogP contribution >= 0.6 is 0 Å². The average Bonchev–Trinajstić information content (AvgIpc) is 2.26.